The molecule has 0 saturated carbocycles. The number of anilines is 1. The second kappa shape index (κ2) is 8.83. The number of halogens is 1. The van der Waals surface area contributed by atoms with Crippen LogP contribution < -0.4 is 5.32 Å². The fourth-order valence-corrected chi connectivity index (χ4v) is 5.19. The zero-order valence-corrected chi connectivity index (χ0v) is 17.8. The first-order valence-corrected chi connectivity index (χ1v) is 11.7. The highest BCUT2D eigenvalue weighted by Crippen LogP contribution is 2.24. The van der Waals surface area contributed by atoms with Crippen LogP contribution in [0.15, 0.2) is 82.4 Å². The second-order valence-electron chi connectivity index (χ2n) is 6.74. The largest absolute Gasteiger partial charge is 0.459 e. The first-order chi connectivity index (χ1) is 14.9. The van der Waals surface area contributed by atoms with Gasteiger partial charge in [0, 0.05) is 23.1 Å². The van der Waals surface area contributed by atoms with Crippen LogP contribution >= 0.6 is 11.3 Å². The average molecular weight is 457 g/mol. The summed E-state index contributed by atoms with van der Waals surface area (Å²) < 4.78 is 43.5. The first kappa shape index (κ1) is 21.0. The molecule has 0 spiro atoms. The van der Waals surface area contributed by atoms with Crippen molar-refractivity contribution in [3.63, 3.8) is 0 Å². The molecule has 4 rings (SSSR count). The van der Waals surface area contributed by atoms with Crippen LogP contribution in [0.25, 0.3) is 0 Å². The van der Waals surface area contributed by atoms with E-state index in [4.69, 9.17) is 4.42 Å². The van der Waals surface area contributed by atoms with Crippen molar-refractivity contribution in [3.8, 4) is 0 Å². The van der Waals surface area contributed by atoms with E-state index < -0.39 is 15.7 Å². The van der Waals surface area contributed by atoms with Crippen LogP contribution in [0.5, 0.6) is 0 Å². The summed E-state index contributed by atoms with van der Waals surface area (Å²) in [5.74, 6) is -1.31. The molecule has 0 radical (unpaired) electrons. The fourth-order valence-electron chi connectivity index (χ4n) is 2.97. The third kappa shape index (κ3) is 5.07. The Balaban J connectivity index is 1.45. The molecule has 2 aromatic heterocycles. The molecular formula is C22H17FN2O4S2. The molecule has 0 aliphatic carbocycles. The highest BCUT2D eigenvalue weighted by atomic mass is 32.2. The van der Waals surface area contributed by atoms with Crippen LogP contribution in [0.1, 0.15) is 26.6 Å². The highest BCUT2D eigenvalue weighted by Gasteiger charge is 2.23. The Kier molecular flexibility index (Phi) is 5.97. The van der Waals surface area contributed by atoms with Gasteiger partial charge in [-0.05, 0) is 35.9 Å². The number of nitrogens with one attached hydrogen (secondary N) is 1. The van der Waals surface area contributed by atoms with Crippen molar-refractivity contribution < 1.29 is 22.0 Å². The lowest BCUT2D eigenvalue weighted by molar-refractivity contribution is 0.0995. The van der Waals surface area contributed by atoms with E-state index in [2.05, 4.69) is 10.3 Å². The van der Waals surface area contributed by atoms with Crippen molar-refractivity contribution in [2.75, 3.05) is 5.32 Å². The summed E-state index contributed by atoms with van der Waals surface area (Å²) in [4.78, 5) is 17.9. The third-order valence-corrected chi connectivity index (χ3v) is 7.06. The van der Waals surface area contributed by atoms with Crippen molar-refractivity contribution in [2.45, 2.75) is 17.1 Å². The van der Waals surface area contributed by atoms with Gasteiger partial charge in [-0.1, -0.05) is 30.3 Å². The van der Waals surface area contributed by atoms with Gasteiger partial charge in [0.25, 0.3) is 5.91 Å². The predicted molar refractivity (Wildman–Crippen MR) is 115 cm³/mol. The molecule has 2 heterocycles. The lowest BCUT2D eigenvalue weighted by Gasteiger charge is -2.05. The Labute approximate surface area is 182 Å². The highest BCUT2D eigenvalue weighted by molar-refractivity contribution is 7.90. The zero-order chi connectivity index (χ0) is 21.8. The Morgan fingerprint density at radius 1 is 1.06 bits per heavy atom. The zero-order valence-electron chi connectivity index (χ0n) is 16.1. The van der Waals surface area contributed by atoms with Crippen molar-refractivity contribution in [2.24, 2.45) is 0 Å². The van der Waals surface area contributed by atoms with Crippen molar-refractivity contribution in [1.29, 1.82) is 0 Å². The molecule has 1 amide bonds. The van der Waals surface area contributed by atoms with Crippen LogP contribution in [0.3, 0.4) is 0 Å². The van der Waals surface area contributed by atoms with E-state index in [1.165, 1.54) is 47.9 Å². The van der Waals surface area contributed by atoms with Crippen LogP contribution in [0, 0.1) is 5.82 Å². The molecule has 0 fully saturated rings. The van der Waals surface area contributed by atoms with Gasteiger partial charge in [0.1, 0.15) is 5.82 Å². The van der Waals surface area contributed by atoms with Gasteiger partial charge in [0.2, 0.25) is 0 Å². The molecule has 4 aromatic rings. The maximum absolute atomic E-state index is 13.0. The smallest absolute Gasteiger partial charge is 0.293 e. The molecule has 6 nitrogen and oxygen atoms in total. The van der Waals surface area contributed by atoms with Gasteiger partial charge >= 0.3 is 0 Å². The average Bonchev–Trinajstić information content (AvgIpc) is 3.39. The second-order valence-corrected chi connectivity index (χ2v) is 9.84. The molecule has 1 N–H and O–H groups in total. The van der Waals surface area contributed by atoms with E-state index in [1.807, 2.05) is 0 Å². The number of carbonyl (C=O) groups excluding carboxylic acids is 1. The molecule has 0 aliphatic heterocycles. The molecule has 158 valence electrons. The summed E-state index contributed by atoms with van der Waals surface area (Å²) in [5, 5.41) is 3.00. The normalized spacial score (nSPS) is 11.4. The Bertz CT molecular complexity index is 1300. The van der Waals surface area contributed by atoms with Gasteiger partial charge in [0.15, 0.2) is 20.7 Å². The van der Waals surface area contributed by atoms with Gasteiger partial charge in [0.05, 0.1) is 16.9 Å². The molecule has 31 heavy (non-hydrogen) atoms. The number of hydrogen-bond donors (Lipinski definition) is 1. The maximum atomic E-state index is 13.0. The van der Waals surface area contributed by atoms with E-state index in [9.17, 15) is 17.6 Å². The van der Waals surface area contributed by atoms with E-state index in [-0.39, 0.29) is 27.8 Å². The topological polar surface area (TPSA) is 89.3 Å². The summed E-state index contributed by atoms with van der Waals surface area (Å²) in [7, 11) is -3.63. The van der Waals surface area contributed by atoms with Gasteiger partial charge in [-0.15, -0.1) is 11.3 Å². The fraction of sp³-hybridized carbons (Fsp3) is 0.0909. The van der Waals surface area contributed by atoms with E-state index in [0.29, 0.717) is 11.6 Å². The van der Waals surface area contributed by atoms with E-state index >= 15 is 0 Å². The monoisotopic (exact) mass is 456 g/mol. The quantitative estimate of drug-likeness (QED) is 0.436. The van der Waals surface area contributed by atoms with Crippen molar-refractivity contribution in [1.82, 2.24) is 4.98 Å². The van der Waals surface area contributed by atoms with Crippen LogP contribution in [-0.4, -0.2) is 19.3 Å². The number of sulfone groups is 1. The van der Waals surface area contributed by atoms with Gasteiger partial charge in [-0.3, -0.25) is 10.1 Å². The number of nitrogens with zero attached hydrogens (tertiary/aromatic N) is 1. The predicted octanol–water partition coefficient (Wildman–Crippen LogP) is 4.69. The summed E-state index contributed by atoms with van der Waals surface area (Å²) in [5.41, 5.74) is 1.19. The number of thiazole rings is 1. The van der Waals surface area contributed by atoms with E-state index in [0.717, 1.165) is 10.4 Å². The number of aromatic nitrogens is 1. The molecule has 0 bridgehead atoms. The number of carbonyl (C=O) groups is 1. The Hall–Kier alpha value is -3.30. The number of amides is 1. The minimum atomic E-state index is -3.63. The minimum absolute atomic E-state index is 0.0743. The van der Waals surface area contributed by atoms with Gasteiger partial charge in [-0.25, -0.2) is 17.8 Å². The van der Waals surface area contributed by atoms with Gasteiger partial charge < -0.3 is 4.42 Å². The summed E-state index contributed by atoms with van der Waals surface area (Å²) >= 11 is 1.28. The SMILES string of the molecule is O=C(Nc1ncc(Cc2ccc(F)cc2)s1)c1occc1CS(=O)(=O)c1ccccc1. The van der Waals surface area contributed by atoms with Crippen LogP contribution in [0.2, 0.25) is 0 Å². The molecular weight excluding hydrogens is 439 g/mol. The Morgan fingerprint density at radius 2 is 1.81 bits per heavy atom. The van der Waals surface area contributed by atoms with Crippen LogP contribution in [-0.2, 0) is 22.0 Å². The summed E-state index contributed by atoms with van der Waals surface area (Å²) in [6.45, 7) is 0. The molecule has 0 atom stereocenters. The third-order valence-electron chi connectivity index (χ3n) is 4.47. The molecule has 0 saturated heterocycles. The Morgan fingerprint density at radius 3 is 2.55 bits per heavy atom. The number of furan rings is 1. The van der Waals surface area contributed by atoms with Gasteiger partial charge in [-0.2, -0.15) is 0 Å². The maximum Gasteiger partial charge on any atom is 0.293 e. The molecule has 0 aliphatic rings. The molecule has 0 unspecified atom stereocenters. The van der Waals surface area contributed by atoms with Crippen molar-refractivity contribution >= 4 is 32.2 Å². The number of rotatable bonds is 7. The summed E-state index contributed by atoms with van der Waals surface area (Å²) in [6, 6.07) is 15.7. The lowest BCUT2D eigenvalue weighted by Crippen LogP contribution is -2.14. The van der Waals surface area contributed by atoms with Crippen LogP contribution in [0.4, 0.5) is 9.52 Å². The first-order valence-electron chi connectivity index (χ1n) is 9.25. The minimum Gasteiger partial charge on any atom is -0.459 e. The molecule has 9 heteroatoms. The summed E-state index contributed by atoms with van der Waals surface area (Å²) in [6.07, 6.45) is 3.47. The number of hydrogen-bond acceptors (Lipinski definition) is 6. The number of benzene rings is 2. The van der Waals surface area contributed by atoms with Crippen molar-refractivity contribution in [3.05, 3.63) is 101 Å². The van der Waals surface area contributed by atoms with E-state index in [1.54, 1.807) is 36.5 Å². The lowest BCUT2D eigenvalue weighted by atomic mass is 10.1. The molecule has 2 aromatic carbocycles. The standard InChI is InChI=1S/C22H17FN2O4S2/c23-17-8-6-15(7-9-17)12-18-13-24-22(30-18)25-21(26)20-16(10-11-29-20)14-31(27,28)19-4-2-1-3-5-19/h1-11,13H,12,14H2,(H,24,25,26).